The summed E-state index contributed by atoms with van der Waals surface area (Å²) in [6, 6.07) is 13.3. The first-order valence-corrected chi connectivity index (χ1v) is 11.9. The fourth-order valence-corrected chi connectivity index (χ4v) is 5.55. The van der Waals surface area contributed by atoms with Crippen LogP contribution in [0, 0.1) is 5.92 Å². The topological polar surface area (TPSA) is 45.7 Å². The summed E-state index contributed by atoms with van der Waals surface area (Å²) in [6.07, 6.45) is 10.4. The lowest BCUT2D eigenvalue weighted by atomic mass is 9.94. The molecule has 0 radical (unpaired) electrons. The number of hydrogen-bond acceptors (Lipinski definition) is 4. The van der Waals surface area contributed by atoms with E-state index < -0.39 is 0 Å². The number of amides is 1. The molecule has 5 rings (SSSR count). The van der Waals surface area contributed by atoms with Crippen LogP contribution in [0.15, 0.2) is 48.8 Å². The normalized spacial score (nSPS) is 22.5. The van der Waals surface area contributed by atoms with Crippen LogP contribution in [0.3, 0.4) is 0 Å². The van der Waals surface area contributed by atoms with Gasteiger partial charge in [-0.05, 0) is 80.8 Å². The first-order valence-electron chi connectivity index (χ1n) is 11.9. The second kappa shape index (κ2) is 9.49. The van der Waals surface area contributed by atoms with Gasteiger partial charge in [-0.2, -0.15) is 0 Å². The van der Waals surface area contributed by atoms with Crippen molar-refractivity contribution in [3.05, 3.63) is 65.5 Å². The van der Waals surface area contributed by atoms with E-state index in [4.69, 9.17) is 4.74 Å². The number of pyridine rings is 1. The molecule has 1 aromatic heterocycles. The lowest BCUT2D eigenvalue weighted by Crippen LogP contribution is -2.46. The number of fused-ring (bicyclic) bond motifs is 1. The van der Waals surface area contributed by atoms with Crippen molar-refractivity contribution in [3.8, 4) is 0 Å². The maximum absolute atomic E-state index is 13.2. The molecule has 2 aliphatic heterocycles. The van der Waals surface area contributed by atoms with E-state index >= 15 is 0 Å². The maximum atomic E-state index is 13.2. The van der Waals surface area contributed by atoms with Gasteiger partial charge >= 0.3 is 0 Å². The number of benzene rings is 1. The van der Waals surface area contributed by atoms with Crippen molar-refractivity contribution in [1.82, 2.24) is 14.8 Å². The molecule has 3 heterocycles. The van der Waals surface area contributed by atoms with Crippen molar-refractivity contribution in [2.75, 3.05) is 32.8 Å². The Hall–Kier alpha value is -2.24. The summed E-state index contributed by atoms with van der Waals surface area (Å²) < 4.78 is 5.86. The van der Waals surface area contributed by atoms with Crippen LogP contribution < -0.4 is 0 Å². The molecule has 5 nitrogen and oxygen atoms in total. The van der Waals surface area contributed by atoms with E-state index in [0.717, 1.165) is 51.9 Å². The Bertz CT molecular complexity index is 848. The molecule has 1 amide bonds. The van der Waals surface area contributed by atoms with Gasteiger partial charge in [0, 0.05) is 38.1 Å². The highest BCUT2D eigenvalue weighted by molar-refractivity contribution is 5.93. The highest BCUT2D eigenvalue weighted by Crippen LogP contribution is 2.29. The van der Waals surface area contributed by atoms with Crippen molar-refractivity contribution >= 4 is 5.91 Å². The molecule has 2 fully saturated rings. The molecule has 1 atom stereocenters. The van der Waals surface area contributed by atoms with Crippen LogP contribution in [-0.4, -0.2) is 65.6 Å². The molecule has 0 unspecified atom stereocenters. The van der Waals surface area contributed by atoms with Gasteiger partial charge in [0.2, 0.25) is 0 Å². The van der Waals surface area contributed by atoms with Crippen molar-refractivity contribution in [1.29, 1.82) is 0 Å². The Morgan fingerprint density at radius 1 is 1.03 bits per heavy atom. The van der Waals surface area contributed by atoms with E-state index in [-0.39, 0.29) is 12.0 Å². The molecule has 2 saturated heterocycles. The zero-order valence-corrected chi connectivity index (χ0v) is 18.3. The summed E-state index contributed by atoms with van der Waals surface area (Å²) in [5.41, 5.74) is 3.74. The molecule has 0 bridgehead atoms. The Labute approximate surface area is 185 Å². The number of ether oxygens (including phenoxy) is 1. The molecular formula is C26H33N3O2. The van der Waals surface area contributed by atoms with Gasteiger partial charge in [-0.15, -0.1) is 0 Å². The highest BCUT2D eigenvalue weighted by Gasteiger charge is 2.32. The quantitative estimate of drug-likeness (QED) is 0.718. The Kier molecular flexibility index (Phi) is 6.32. The van der Waals surface area contributed by atoms with Crippen LogP contribution in [0.25, 0.3) is 0 Å². The van der Waals surface area contributed by atoms with Gasteiger partial charge in [-0.3, -0.25) is 14.7 Å². The van der Waals surface area contributed by atoms with Crippen molar-refractivity contribution in [3.63, 3.8) is 0 Å². The van der Waals surface area contributed by atoms with E-state index in [9.17, 15) is 4.79 Å². The third-order valence-electron chi connectivity index (χ3n) is 7.32. The van der Waals surface area contributed by atoms with Crippen LogP contribution in [-0.2, 0) is 17.6 Å². The highest BCUT2D eigenvalue weighted by atomic mass is 16.5. The smallest absolute Gasteiger partial charge is 0.255 e. The largest absolute Gasteiger partial charge is 0.376 e. The molecule has 0 N–H and O–H groups in total. The van der Waals surface area contributed by atoms with Crippen LogP contribution >= 0.6 is 0 Å². The molecule has 5 heteroatoms. The predicted molar refractivity (Wildman–Crippen MR) is 121 cm³/mol. The van der Waals surface area contributed by atoms with Crippen LogP contribution in [0.2, 0.25) is 0 Å². The number of likely N-dealkylation sites (tertiary alicyclic amines) is 1. The summed E-state index contributed by atoms with van der Waals surface area (Å²) in [7, 11) is 0. The third kappa shape index (κ3) is 4.83. The van der Waals surface area contributed by atoms with Gasteiger partial charge in [-0.25, -0.2) is 0 Å². The Morgan fingerprint density at radius 2 is 1.81 bits per heavy atom. The monoisotopic (exact) mass is 419 g/mol. The molecule has 1 aromatic carbocycles. The van der Waals surface area contributed by atoms with E-state index in [2.05, 4.69) is 34.1 Å². The number of piperidine rings is 1. The number of aromatic nitrogens is 1. The van der Waals surface area contributed by atoms with Gasteiger partial charge in [0.25, 0.3) is 5.91 Å². The van der Waals surface area contributed by atoms with Gasteiger partial charge in [0.15, 0.2) is 0 Å². The lowest BCUT2D eigenvalue weighted by Gasteiger charge is -2.38. The fraction of sp³-hybridized carbons (Fsp3) is 0.538. The molecule has 1 aliphatic carbocycles. The summed E-state index contributed by atoms with van der Waals surface area (Å²) >= 11 is 0. The SMILES string of the molecule is O=C(c1cccnc1)N(CC1CCN(C2Cc3ccccc3C2)CC1)C[C@@H]1CCCO1. The summed E-state index contributed by atoms with van der Waals surface area (Å²) in [4.78, 5) is 22.1. The minimum absolute atomic E-state index is 0.0947. The first kappa shape index (κ1) is 20.7. The molecular weight excluding hydrogens is 386 g/mol. The average molecular weight is 420 g/mol. The minimum atomic E-state index is 0.0947. The van der Waals surface area contributed by atoms with Gasteiger partial charge in [0.05, 0.1) is 11.7 Å². The molecule has 164 valence electrons. The number of hydrogen-bond donors (Lipinski definition) is 0. The number of nitrogens with zero attached hydrogens (tertiary/aromatic N) is 3. The summed E-state index contributed by atoms with van der Waals surface area (Å²) in [5.74, 6) is 0.652. The average Bonchev–Trinajstić information content (AvgIpc) is 3.49. The molecule has 31 heavy (non-hydrogen) atoms. The van der Waals surface area contributed by atoms with Crippen molar-refractivity contribution < 1.29 is 9.53 Å². The predicted octanol–water partition coefficient (Wildman–Crippen LogP) is 3.58. The van der Waals surface area contributed by atoms with E-state index in [1.165, 1.54) is 24.0 Å². The zero-order chi connectivity index (χ0) is 21.0. The number of rotatable bonds is 6. The van der Waals surface area contributed by atoms with E-state index in [1.54, 1.807) is 12.4 Å². The van der Waals surface area contributed by atoms with Crippen LogP contribution in [0.4, 0.5) is 0 Å². The van der Waals surface area contributed by atoms with Crippen LogP contribution in [0.5, 0.6) is 0 Å². The van der Waals surface area contributed by atoms with E-state index in [0.29, 0.717) is 24.1 Å². The molecule has 2 aromatic rings. The number of carbonyl (C=O) groups excluding carboxylic acids is 1. The summed E-state index contributed by atoms with van der Waals surface area (Å²) in [6.45, 7) is 4.62. The van der Waals surface area contributed by atoms with Gasteiger partial charge in [-0.1, -0.05) is 24.3 Å². The zero-order valence-electron chi connectivity index (χ0n) is 18.3. The Morgan fingerprint density at radius 3 is 2.45 bits per heavy atom. The van der Waals surface area contributed by atoms with Gasteiger partial charge < -0.3 is 9.64 Å². The lowest BCUT2D eigenvalue weighted by molar-refractivity contribution is 0.0429. The fourth-order valence-electron chi connectivity index (χ4n) is 5.55. The second-order valence-corrected chi connectivity index (χ2v) is 9.40. The Balaban J connectivity index is 1.19. The molecule has 0 spiro atoms. The minimum Gasteiger partial charge on any atom is -0.376 e. The van der Waals surface area contributed by atoms with Crippen molar-refractivity contribution in [2.24, 2.45) is 5.92 Å². The number of carbonyl (C=O) groups is 1. The third-order valence-corrected chi connectivity index (χ3v) is 7.32. The van der Waals surface area contributed by atoms with Gasteiger partial charge in [0.1, 0.15) is 0 Å². The second-order valence-electron chi connectivity index (χ2n) is 9.40. The molecule has 3 aliphatic rings. The first-order chi connectivity index (χ1) is 15.3. The summed E-state index contributed by atoms with van der Waals surface area (Å²) in [5, 5.41) is 0. The van der Waals surface area contributed by atoms with Crippen molar-refractivity contribution in [2.45, 2.75) is 50.7 Å². The van der Waals surface area contributed by atoms with Crippen LogP contribution in [0.1, 0.15) is 47.2 Å². The van der Waals surface area contributed by atoms with E-state index in [1.807, 2.05) is 17.0 Å². The maximum Gasteiger partial charge on any atom is 0.255 e. The standard InChI is InChI=1S/C26H33N3O2/c30-26(23-7-3-11-27-17-23)29(19-25-8-4-14-31-25)18-20-9-12-28(13-10-20)24-15-21-5-1-2-6-22(21)16-24/h1-3,5-7,11,17,20,24-25H,4,8-10,12-16,18-19H2/t25-/m0/s1. The molecule has 0 saturated carbocycles.